The molecule has 98 valence electrons. The lowest BCUT2D eigenvalue weighted by Crippen LogP contribution is -2.55. The molecule has 0 aliphatic carbocycles. The number of carbonyl (C=O) groups is 1. The summed E-state index contributed by atoms with van der Waals surface area (Å²) in [5.74, 6) is 1.81. The molecule has 0 aromatic carbocycles. The van der Waals surface area contributed by atoms with Crippen molar-refractivity contribution in [2.75, 3.05) is 18.1 Å². The maximum absolute atomic E-state index is 11.7. The van der Waals surface area contributed by atoms with Gasteiger partial charge in [-0.05, 0) is 50.2 Å². The van der Waals surface area contributed by atoms with Crippen LogP contribution in [0.15, 0.2) is 0 Å². The third-order valence-electron chi connectivity index (χ3n) is 4.23. The molecular weight excluding hydrogens is 234 g/mol. The molecule has 0 aromatic rings. The van der Waals surface area contributed by atoms with Crippen molar-refractivity contribution in [2.24, 2.45) is 0 Å². The summed E-state index contributed by atoms with van der Waals surface area (Å²) in [7, 11) is 0. The number of thioether (sulfide) groups is 1. The molecule has 0 amide bonds. The molecule has 1 unspecified atom stereocenters. The van der Waals surface area contributed by atoms with Gasteiger partial charge in [-0.3, -0.25) is 9.69 Å². The van der Waals surface area contributed by atoms with E-state index in [9.17, 15) is 9.90 Å². The van der Waals surface area contributed by atoms with E-state index in [-0.39, 0.29) is 0 Å². The fourth-order valence-electron chi connectivity index (χ4n) is 3.45. The fourth-order valence-corrected chi connectivity index (χ4v) is 4.53. The van der Waals surface area contributed by atoms with Gasteiger partial charge in [-0.2, -0.15) is 11.8 Å². The number of carboxylic acids is 1. The van der Waals surface area contributed by atoms with Crippen LogP contribution in [0.2, 0.25) is 0 Å². The summed E-state index contributed by atoms with van der Waals surface area (Å²) >= 11 is 2.01. The van der Waals surface area contributed by atoms with Gasteiger partial charge in [0.05, 0.1) is 0 Å². The number of aliphatic carboxylic acids is 1. The van der Waals surface area contributed by atoms with E-state index < -0.39 is 11.5 Å². The first-order chi connectivity index (χ1) is 8.20. The molecule has 17 heavy (non-hydrogen) atoms. The van der Waals surface area contributed by atoms with Crippen molar-refractivity contribution in [3.8, 4) is 0 Å². The first-order valence-electron chi connectivity index (χ1n) is 6.78. The van der Waals surface area contributed by atoms with Crippen LogP contribution in [-0.4, -0.2) is 45.6 Å². The Morgan fingerprint density at radius 2 is 2.18 bits per heavy atom. The van der Waals surface area contributed by atoms with Gasteiger partial charge in [0.2, 0.25) is 0 Å². The van der Waals surface area contributed by atoms with Gasteiger partial charge in [-0.25, -0.2) is 0 Å². The van der Waals surface area contributed by atoms with E-state index in [0.717, 1.165) is 32.2 Å². The number of rotatable bonds is 4. The Morgan fingerprint density at radius 3 is 2.76 bits per heavy atom. The summed E-state index contributed by atoms with van der Waals surface area (Å²) in [5, 5.41) is 9.65. The van der Waals surface area contributed by atoms with Crippen molar-refractivity contribution >= 4 is 17.7 Å². The third kappa shape index (κ3) is 2.48. The molecular formula is C13H23NO2S. The lowest BCUT2D eigenvalue weighted by Gasteiger charge is -2.41. The summed E-state index contributed by atoms with van der Waals surface area (Å²) in [4.78, 5) is 14.1. The highest BCUT2D eigenvalue weighted by atomic mass is 32.2. The van der Waals surface area contributed by atoms with E-state index in [1.54, 1.807) is 0 Å². The van der Waals surface area contributed by atoms with Gasteiger partial charge in [-0.15, -0.1) is 0 Å². The molecule has 1 N–H and O–H groups in total. The number of nitrogens with zero attached hydrogens (tertiary/aromatic N) is 1. The van der Waals surface area contributed by atoms with Crippen LogP contribution in [0.1, 0.15) is 45.4 Å². The van der Waals surface area contributed by atoms with Crippen LogP contribution in [-0.2, 0) is 4.79 Å². The van der Waals surface area contributed by atoms with E-state index in [4.69, 9.17) is 0 Å². The summed E-state index contributed by atoms with van der Waals surface area (Å²) in [5.41, 5.74) is -0.540. The highest BCUT2D eigenvalue weighted by molar-refractivity contribution is 7.99. The maximum atomic E-state index is 11.7. The van der Waals surface area contributed by atoms with Crippen LogP contribution in [0.3, 0.4) is 0 Å². The van der Waals surface area contributed by atoms with Gasteiger partial charge in [0, 0.05) is 6.04 Å². The number of likely N-dealkylation sites (tertiary alicyclic amines) is 1. The Kier molecular flexibility index (Phi) is 4.36. The molecule has 0 bridgehead atoms. The van der Waals surface area contributed by atoms with Gasteiger partial charge in [-0.1, -0.05) is 13.3 Å². The van der Waals surface area contributed by atoms with Gasteiger partial charge in [0.15, 0.2) is 0 Å². The summed E-state index contributed by atoms with van der Waals surface area (Å²) in [6.45, 7) is 3.08. The molecule has 0 saturated carbocycles. The van der Waals surface area contributed by atoms with E-state index in [1.807, 2.05) is 11.8 Å². The second-order valence-corrected chi connectivity index (χ2v) is 6.45. The molecule has 2 saturated heterocycles. The number of hydrogen-bond acceptors (Lipinski definition) is 3. The molecule has 2 fully saturated rings. The van der Waals surface area contributed by atoms with Crippen LogP contribution in [0.4, 0.5) is 0 Å². The minimum atomic E-state index is -0.588. The topological polar surface area (TPSA) is 40.5 Å². The number of hydrogen-bond donors (Lipinski definition) is 1. The van der Waals surface area contributed by atoms with Crippen molar-refractivity contribution in [3.05, 3.63) is 0 Å². The van der Waals surface area contributed by atoms with Gasteiger partial charge < -0.3 is 5.11 Å². The summed E-state index contributed by atoms with van der Waals surface area (Å²) in [6, 6.07) is 0.515. The summed E-state index contributed by atoms with van der Waals surface area (Å²) < 4.78 is 0. The molecule has 3 nitrogen and oxygen atoms in total. The first kappa shape index (κ1) is 13.2. The van der Waals surface area contributed by atoms with E-state index in [2.05, 4.69) is 11.8 Å². The summed E-state index contributed by atoms with van der Waals surface area (Å²) in [6.07, 6.45) is 6.01. The van der Waals surface area contributed by atoms with Crippen LogP contribution < -0.4 is 0 Å². The molecule has 4 heteroatoms. The Hall–Kier alpha value is -0.220. The van der Waals surface area contributed by atoms with Gasteiger partial charge in [0.25, 0.3) is 0 Å². The first-order valence-corrected chi connectivity index (χ1v) is 7.94. The SMILES string of the molecule is CCCC1(C(=O)O)CCCN1C1CCSCC1. The highest BCUT2D eigenvalue weighted by Crippen LogP contribution is 2.38. The van der Waals surface area contributed by atoms with E-state index >= 15 is 0 Å². The number of carboxylic acid groups (broad SMARTS) is 1. The van der Waals surface area contributed by atoms with Crippen LogP contribution in [0.5, 0.6) is 0 Å². The van der Waals surface area contributed by atoms with E-state index in [0.29, 0.717) is 6.04 Å². The van der Waals surface area contributed by atoms with E-state index in [1.165, 1.54) is 24.3 Å². The minimum absolute atomic E-state index is 0.515. The Labute approximate surface area is 108 Å². The molecule has 1 atom stereocenters. The zero-order valence-electron chi connectivity index (χ0n) is 10.7. The zero-order valence-corrected chi connectivity index (χ0v) is 11.5. The van der Waals surface area contributed by atoms with Gasteiger partial charge >= 0.3 is 5.97 Å². The lowest BCUT2D eigenvalue weighted by atomic mass is 9.89. The van der Waals surface area contributed by atoms with Crippen molar-refractivity contribution in [1.29, 1.82) is 0 Å². The largest absolute Gasteiger partial charge is 0.480 e. The molecule has 2 aliphatic rings. The smallest absolute Gasteiger partial charge is 0.324 e. The average molecular weight is 257 g/mol. The minimum Gasteiger partial charge on any atom is -0.480 e. The lowest BCUT2D eigenvalue weighted by molar-refractivity contribution is -0.152. The second kappa shape index (κ2) is 5.61. The molecule has 0 aromatic heterocycles. The van der Waals surface area contributed by atoms with Crippen LogP contribution in [0.25, 0.3) is 0 Å². The van der Waals surface area contributed by atoms with Crippen molar-refractivity contribution in [3.63, 3.8) is 0 Å². The Bertz CT molecular complexity index is 279. The monoisotopic (exact) mass is 257 g/mol. The maximum Gasteiger partial charge on any atom is 0.324 e. The zero-order chi connectivity index (χ0) is 12.3. The predicted molar refractivity (Wildman–Crippen MR) is 71.6 cm³/mol. The average Bonchev–Trinajstić information content (AvgIpc) is 2.76. The Morgan fingerprint density at radius 1 is 1.47 bits per heavy atom. The third-order valence-corrected chi connectivity index (χ3v) is 5.28. The molecule has 0 radical (unpaired) electrons. The molecule has 0 spiro atoms. The fraction of sp³-hybridized carbons (Fsp3) is 0.923. The molecule has 2 rings (SSSR count). The van der Waals surface area contributed by atoms with Crippen LogP contribution in [0, 0.1) is 0 Å². The van der Waals surface area contributed by atoms with Crippen LogP contribution >= 0.6 is 11.8 Å². The molecule has 2 aliphatic heterocycles. The predicted octanol–water partition coefficient (Wildman–Crippen LogP) is 2.60. The highest BCUT2D eigenvalue weighted by Gasteiger charge is 2.49. The standard InChI is InChI=1S/C13H23NO2S/c1-2-6-13(12(15)16)7-3-8-14(13)11-4-9-17-10-5-11/h11H,2-10H2,1H3,(H,15,16). The molecule has 2 heterocycles. The Balaban J connectivity index is 2.15. The normalized spacial score (nSPS) is 31.8. The van der Waals surface area contributed by atoms with Crippen molar-refractivity contribution in [2.45, 2.75) is 57.0 Å². The second-order valence-electron chi connectivity index (χ2n) is 5.23. The van der Waals surface area contributed by atoms with Crippen molar-refractivity contribution in [1.82, 2.24) is 4.90 Å². The van der Waals surface area contributed by atoms with Crippen molar-refractivity contribution < 1.29 is 9.90 Å². The quantitative estimate of drug-likeness (QED) is 0.840. The van der Waals surface area contributed by atoms with Gasteiger partial charge in [0.1, 0.15) is 5.54 Å².